The van der Waals surface area contributed by atoms with Crippen LogP contribution in [-0.4, -0.2) is 38.4 Å². The molecule has 0 rings (SSSR count). The van der Waals surface area contributed by atoms with Crippen molar-refractivity contribution in [2.75, 3.05) is 19.8 Å². The molecule has 0 heterocycles. The van der Waals surface area contributed by atoms with Crippen LogP contribution in [0.2, 0.25) is 0 Å². The minimum atomic E-state index is -0.455. The molecule has 0 N–H and O–H groups in total. The summed E-state index contributed by atoms with van der Waals surface area (Å²) in [4.78, 5) is 22.8. The summed E-state index contributed by atoms with van der Waals surface area (Å²) in [7, 11) is 0. The van der Waals surface area contributed by atoms with Crippen LogP contribution in [-0.2, 0) is 23.8 Å². The van der Waals surface area contributed by atoms with E-state index in [0.29, 0.717) is 26.2 Å². The number of hydrogen-bond acceptors (Lipinski definition) is 5. The molecule has 0 saturated carbocycles. The van der Waals surface area contributed by atoms with E-state index in [-0.39, 0.29) is 17.7 Å². The molecule has 0 aromatic carbocycles. The first kappa shape index (κ1) is 23.1. The van der Waals surface area contributed by atoms with Crippen molar-refractivity contribution in [1.82, 2.24) is 0 Å². The maximum Gasteiger partial charge on any atom is 0.311 e. The Hall–Kier alpha value is -0.940. The molecule has 0 aliphatic heterocycles. The van der Waals surface area contributed by atoms with Gasteiger partial charge in [0.25, 0.3) is 0 Å². The molecule has 0 aliphatic rings. The van der Waals surface area contributed by atoms with E-state index >= 15 is 0 Å². The van der Waals surface area contributed by atoms with Gasteiger partial charge in [-0.2, -0.15) is 0 Å². The Morgan fingerprint density at radius 2 is 1.67 bits per heavy atom. The molecular formula is C19H36O5. The zero-order valence-corrected chi connectivity index (χ0v) is 16.4. The number of hydrogen-bond donors (Lipinski definition) is 0. The number of ether oxygens (including phenoxy) is 3. The lowest BCUT2D eigenvalue weighted by Gasteiger charge is -2.23. The van der Waals surface area contributed by atoms with Crippen molar-refractivity contribution >= 4 is 12.3 Å². The van der Waals surface area contributed by atoms with Crippen LogP contribution in [0, 0.1) is 10.8 Å². The van der Waals surface area contributed by atoms with Gasteiger partial charge in [0.2, 0.25) is 0 Å². The minimum Gasteiger partial charge on any atom is -0.466 e. The largest absolute Gasteiger partial charge is 0.466 e. The van der Waals surface area contributed by atoms with Gasteiger partial charge in [0.15, 0.2) is 6.29 Å². The molecule has 0 aliphatic carbocycles. The van der Waals surface area contributed by atoms with Crippen LogP contribution >= 0.6 is 0 Å². The third-order valence-electron chi connectivity index (χ3n) is 4.02. The van der Waals surface area contributed by atoms with Crippen molar-refractivity contribution in [3.8, 4) is 0 Å². The SMILES string of the molecule is CCOC(=O)C(C)(C)CCCCOC(CCC(C)(C)C=O)OCC. The number of esters is 1. The van der Waals surface area contributed by atoms with Crippen molar-refractivity contribution < 1.29 is 23.8 Å². The van der Waals surface area contributed by atoms with Crippen LogP contribution in [0.5, 0.6) is 0 Å². The number of unbranched alkanes of at least 4 members (excludes halogenated alkanes) is 1. The lowest BCUT2D eigenvalue weighted by Crippen LogP contribution is -2.27. The Labute approximate surface area is 147 Å². The minimum absolute atomic E-state index is 0.144. The fourth-order valence-corrected chi connectivity index (χ4v) is 2.26. The zero-order valence-electron chi connectivity index (χ0n) is 16.4. The van der Waals surface area contributed by atoms with Gasteiger partial charge in [0, 0.05) is 18.6 Å². The molecule has 0 bridgehead atoms. The lowest BCUT2D eigenvalue weighted by atomic mass is 9.87. The normalized spacial score (nSPS) is 13.6. The van der Waals surface area contributed by atoms with E-state index in [0.717, 1.165) is 32.0 Å². The van der Waals surface area contributed by atoms with Crippen LogP contribution in [0.3, 0.4) is 0 Å². The smallest absolute Gasteiger partial charge is 0.311 e. The molecule has 1 atom stereocenters. The van der Waals surface area contributed by atoms with Crippen LogP contribution < -0.4 is 0 Å². The van der Waals surface area contributed by atoms with E-state index in [9.17, 15) is 9.59 Å². The molecule has 0 aromatic heterocycles. The summed E-state index contributed by atoms with van der Waals surface area (Å²) < 4.78 is 16.5. The van der Waals surface area contributed by atoms with Gasteiger partial charge in [-0.15, -0.1) is 0 Å². The Morgan fingerprint density at radius 1 is 1.00 bits per heavy atom. The third kappa shape index (κ3) is 10.0. The molecule has 142 valence electrons. The molecule has 5 heteroatoms. The Balaban J connectivity index is 4.08. The fourth-order valence-electron chi connectivity index (χ4n) is 2.26. The first-order valence-electron chi connectivity index (χ1n) is 9.05. The van der Waals surface area contributed by atoms with E-state index in [2.05, 4.69) is 0 Å². The average Bonchev–Trinajstić information content (AvgIpc) is 2.52. The highest BCUT2D eigenvalue weighted by atomic mass is 16.7. The maximum absolute atomic E-state index is 11.8. The molecule has 1 unspecified atom stereocenters. The summed E-state index contributed by atoms with van der Waals surface area (Å²) in [5.74, 6) is -0.144. The maximum atomic E-state index is 11.8. The van der Waals surface area contributed by atoms with E-state index in [1.165, 1.54) is 0 Å². The Morgan fingerprint density at radius 3 is 2.21 bits per heavy atom. The number of rotatable bonds is 14. The quantitative estimate of drug-likeness (QED) is 0.205. The van der Waals surface area contributed by atoms with Gasteiger partial charge in [-0.05, 0) is 53.4 Å². The first-order valence-corrected chi connectivity index (χ1v) is 9.05. The van der Waals surface area contributed by atoms with Crippen LogP contribution in [0.4, 0.5) is 0 Å². The molecule has 0 spiro atoms. The Bertz CT molecular complexity index is 363. The zero-order chi connectivity index (χ0) is 18.6. The Kier molecular flexibility index (Phi) is 11.1. The average molecular weight is 344 g/mol. The molecule has 0 aromatic rings. The number of aldehydes is 1. The predicted molar refractivity (Wildman–Crippen MR) is 94.7 cm³/mol. The summed E-state index contributed by atoms with van der Waals surface area (Å²) in [6.45, 7) is 13.0. The summed E-state index contributed by atoms with van der Waals surface area (Å²) in [5.41, 5.74) is -0.800. The second kappa shape index (κ2) is 11.6. The van der Waals surface area contributed by atoms with E-state index in [4.69, 9.17) is 14.2 Å². The second-order valence-electron chi connectivity index (χ2n) is 7.46. The summed E-state index contributed by atoms with van der Waals surface area (Å²) in [6, 6.07) is 0. The first-order chi connectivity index (χ1) is 11.2. The van der Waals surface area contributed by atoms with Gasteiger partial charge in [-0.1, -0.05) is 20.3 Å². The third-order valence-corrected chi connectivity index (χ3v) is 4.02. The summed E-state index contributed by atoms with van der Waals surface area (Å²) in [6.07, 6.45) is 4.67. The van der Waals surface area contributed by atoms with Gasteiger partial charge in [-0.3, -0.25) is 4.79 Å². The highest BCUT2D eigenvalue weighted by molar-refractivity contribution is 5.75. The number of carbonyl (C=O) groups is 2. The van der Waals surface area contributed by atoms with Crippen molar-refractivity contribution in [1.29, 1.82) is 0 Å². The van der Waals surface area contributed by atoms with Crippen LogP contribution in [0.25, 0.3) is 0 Å². The monoisotopic (exact) mass is 344 g/mol. The molecule has 5 nitrogen and oxygen atoms in total. The molecule has 0 saturated heterocycles. The molecule has 0 amide bonds. The van der Waals surface area contributed by atoms with E-state index in [1.54, 1.807) is 0 Å². The molecule has 0 fully saturated rings. The van der Waals surface area contributed by atoms with Crippen molar-refractivity contribution in [2.24, 2.45) is 10.8 Å². The highest BCUT2D eigenvalue weighted by Gasteiger charge is 2.28. The van der Waals surface area contributed by atoms with E-state index in [1.807, 2.05) is 41.5 Å². The highest BCUT2D eigenvalue weighted by Crippen LogP contribution is 2.25. The van der Waals surface area contributed by atoms with Gasteiger partial charge >= 0.3 is 5.97 Å². The molecule has 24 heavy (non-hydrogen) atoms. The molecule has 0 radical (unpaired) electrons. The van der Waals surface area contributed by atoms with E-state index < -0.39 is 5.41 Å². The predicted octanol–water partition coefficient (Wildman–Crippen LogP) is 4.13. The summed E-state index contributed by atoms with van der Waals surface area (Å²) in [5, 5.41) is 0. The van der Waals surface area contributed by atoms with Crippen molar-refractivity contribution in [3.63, 3.8) is 0 Å². The van der Waals surface area contributed by atoms with Crippen LogP contribution in [0.15, 0.2) is 0 Å². The van der Waals surface area contributed by atoms with Crippen molar-refractivity contribution in [3.05, 3.63) is 0 Å². The molecular weight excluding hydrogens is 308 g/mol. The van der Waals surface area contributed by atoms with Crippen molar-refractivity contribution in [2.45, 2.75) is 79.9 Å². The standard InChI is InChI=1S/C19H36O5/c1-7-22-16(11-13-18(3,4)15-20)24-14-10-9-12-19(5,6)17(21)23-8-2/h15-16H,7-14H2,1-6H3. The topological polar surface area (TPSA) is 61.8 Å². The summed E-state index contributed by atoms with van der Waals surface area (Å²) >= 11 is 0. The number of carbonyl (C=O) groups excluding carboxylic acids is 2. The van der Waals surface area contributed by atoms with Gasteiger partial charge in [0.1, 0.15) is 6.29 Å². The van der Waals surface area contributed by atoms with Gasteiger partial charge in [0.05, 0.1) is 12.0 Å². The second-order valence-corrected chi connectivity index (χ2v) is 7.46. The fraction of sp³-hybridized carbons (Fsp3) is 0.895. The lowest BCUT2D eigenvalue weighted by molar-refractivity contribution is -0.155. The van der Waals surface area contributed by atoms with Crippen LogP contribution in [0.1, 0.15) is 73.6 Å². The van der Waals surface area contributed by atoms with Gasteiger partial charge in [-0.25, -0.2) is 0 Å². The van der Waals surface area contributed by atoms with Gasteiger partial charge < -0.3 is 19.0 Å².